The third kappa shape index (κ3) is 2.80. The highest BCUT2D eigenvalue weighted by molar-refractivity contribution is 5.79. The average molecular weight is 309 g/mol. The zero-order valence-electron chi connectivity index (χ0n) is 12.9. The molecule has 0 bridgehead atoms. The van der Waals surface area contributed by atoms with Gasteiger partial charge in [0.05, 0.1) is 12.6 Å². The first-order valence-electron chi connectivity index (χ1n) is 8.00. The quantitative estimate of drug-likeness (QED) is 0.743. The highest BCUT2D eigenvalue weighted by Gasteiger charge is 2.17. The van der Waals surface area contributed by atoms with Gasteiger partial charge in [0.1, 0.15) is 5.52 Å². The fourth-order valence-electron chi connectivity index (χ4n) is 3.22. The van der Waals surface area contributed by atoms with E-state index in [-0.39, 0.29) is 11.7 Å². The summed E-state index contributed by atoms with van der Waals surface area (Å²) < 4.78 is 9.43. The van der Waals surface area contributed by atoms with Gasteiger partial charge in [0.2, 0.25) is 0 Å². The summed E-state index contributed by atoms with van der Waals surface area (Å²) in [6.45, 7) is 2.09. The van der Waals surface area contributed by atoms with Crippen molar-refractivity contribution in [1.29, 1.82) is 0 Å². The second-order valence-corrected chi connectivity index (χ2v) is 6.02. The normalized spacial score (nSPS) is 17.8. The standard InChI is InChI=1S/C18H19N3O2/c22-18-17-15(6-9-21(18)13-16-4-2-10-23-16)5-8-20(17)12-14-3-1-7-19-11-14/h1,3,5-9,11,16H,2,4,10,12-13H2/t16-/m0/s1. The van der Waals surface area contributed by atoms with E-state index in [1.54, 1.807) is 10.8 Å². The zero-order valence-corrected chi connectivity index (χ0v) is 12.9. The molecule has 118 valence electrons. The third-order valence-corrected chi connectivity index (χ3v) is 4.39. The first kappa shape index (κ1) is 14.2. The lowest BCUT2D eigenvalue weighted by molar-refractivity contribution is 0.0963. The van der Waals surface area contributed by atoms with Crippen LogP contribution in [-0.2, 0) is 17.8 Å². The number of ether oxygens (including phenoxy) is 1. The number of pyridine rings is 2. The van der Waals surface area contributed by atoms with E-state index in [4.69, 9.17) is 4.74 Å². The van der Waals surface area contributed by atoms with Gasteiger partial charge >= 0.3 is 0 Å². The Hall–Kier alpha value is -2.40. The number of rotatable bonds is 4. The Balaban J connectivity index is 1.70. The predicted molar refractivity (Wildman–Crippen MR) is 88.5 cm³/mol. The number of hydrogen-bond acceptors (Lipinski definition) is 3. The molecular weight excluding hydrogens is 290 g/mol. The van der Waals surface area contributed by atoms with E-state index in [9.17, 15) is 4.79 Å². The van der Waals surface area contributed by atoms with Crippen LogP contribution in [0.2, 0.25) is 0 Å². The van der Waals surface area contributed by atoms with Crippen LogP contribution in [0.3, 0.4) is 0 Å². The molecule has 3 aromatic heterocycles. The maximum absolute atomic E-state index is 12.9. The topological polar surface area (TPSA) is 49.0 Å². The lowest BCUT2D eigenvalue weighted by Crippen LogP contribution is -2.27. The molecule has 4 heterocycles. The van der Waals surface area contributed by atoms with Crippen LogP contribution in [0.1, 0.15) is 18.4 Å². The first-order valence-corrected chi connectivity index (χ1v) is 8.00. The molecule has 1 fully saturated rings. The molecule has 0 spiro atoms. The Bertz CT molecular complexity index is 861. The highest BCUT2D eigenvalue weighted by Crippen LogP contribution is 2.16. The van der Waals surface area contributed by atoms with Gasteiger partial charge in [0.25, 0.3) is 5.56 Å². The summed E-state index contributed by atoms with van der Waals surface area (Å²) in [5.74, 6) is 0. The van der Waals surface area contributed by atoms with Crippen LogP contribution in [0, 0.1) is 0 Å². The van der Waals surface area contributed by atoms with Gasteiger partial charge in [-0.05, 0) is 36.6 Å². The van der Waals surface area contributed by atoms with Crippen LogP contribution in [-0.4, -0.2) is 26.8 Å². The van der Waals surface area contributed by atoms with E-state index in [2.05, 4.69) is 4.98 Å². The molecule has 0 aliphatic carbocycles. The summed E-state index contributed by atoms with van der Waals surface area (Å²) in [5, 5.41) is 0.975. The molecule has 1 aliphatic rings. The molecule has 5 nitrogen and oxygen atoms in total. The van der Waals surface area contributed by atoms with E-state index >= 15 is 0 Å². The van der Waals surface area contributed by atoms with Crippen molar-refractivity contribution in [1.82, 2.24) is 14.1 Å². The predicted octanol–water partition coefficient (Wildman–Crippen LogP) is 2.43. The monoisotopic (exact) mass is 309 g/mol. The first-order chi connectivity index (χ1) is 11.3. The summed E-state index contributed by atoms with van der Waals surface area (Å²) in [5.41, 5.74) is 1.88. The molecule has 1 saturated heterocycles. The minimum Gasteiger partial charge on any atom is -0.376 e. The molecule has 0 amide bonds. The number of aromatic nitrogens is 3. The number of nitrogens with zero attached hydrogens (tertiary/aromatic N) is 3. The van der Waals surface area contributed by atoms with Crippen molar-refractivity contribution in [3.63, 3.8) is 0 Å². The Labute approximate surface area is 134 Å². The second-order valence-electron chi connectivity index (χ2n) is 6.02. The molecule has 0 saturated carbocycles. The van der Waals surface area contributed by atoms with Crippen molar-refractivity contribution in [3.05, 3.63) is 65.0 Å². The van der Waals surface area contributed by atoms with Gasteiger partial charge in [-0.2, -0.15) is 0 Å². The molecule has 1 atom stereocenters. The summed E-state index contributed by atoms with van der Waals surface area (Å²) in [4.78, 5) is 17.0. The fourth-order valence-corrected chi connectivity index (χ4v) is 3.22. The van der Waals surface area contributed by atoms with Gasteiger partial charge in [-0.15, -0.1) is 0 Å². The van der Waals surface area contributed by atoms with Crippen LogP contribution < -0.4 is 5.56 Å². The van der Waals surface area contributed by atoms with E-state index < -0.39 is 0 Å². The smallest absolute Gasteiger partial charge is 0.275 e. The van der Waals surface area contributed by atoms with Crippen molar-refractivity contribution in [2.75, 3.05) is 6.61 Å². The number of hydrogen-bond donors (Lipinski definition) is 0. The Kier molecular flexibility index (Phi) is 3.71. The molecule has 5 heteroatoms. The van der Waals surface area contributed by atoms with E-state index in [1.807, 2.05) is 47.4 Å². The van der Waals surface area contributed by atoms with Gasteiger partial charge in [-0.25, -0.2) is 0 Å². The van der Waals surface area contributed by atoms with Crippen LogP contribution in [0.25, 0.3) is 10.9 Å². The minimum atomic E-state index is 0.0480. The Morgan fingerprint density at radius 2 is 2.09 bits per heavy atom. The van der Waals surface area contributed by atoms with Gasteiger partial charge in [0, 0.05) is 43.3 Å². The van der Waals surface area contributed by atoms with Crippen LogP contribution in [0.4, 0.5) is 0 Å². The van der Waals surface area contributed by atoms with Crippen molar-refractivity contribution < 1.29 is 4.74 Å². The van der Waals surface area contributed by atoms with Gasteiger partial charge < -0.3 is 13.9 Å². The summed E-state index contributed by atoms with van der Waals surface area (Å²) in [7, 11) is 0. The van der Waals surface area contributed by atoms with Crippen molar-refractivity contribution in [2.24, 2.45) is 0 Å². The zero-order chi connectivity index (χ0) is 15.6. The maximum atomic E-state index is 12.9. The summed E-state index contributed by atoms with van der Waals surface area (Å²) in [6, 6.07) is 7.93. The number of fused-ring (bicyclic) bond motifs is 1. The van der Waals surface area contributed by atoms with Crippen LogP contribution >= 0.6 is 0 Å². The minimum absolute atomic E-state index is 0.0480. The summed E-state index contributed by atoms with van der Waals surface area (Å²) >= 11 is 0. The SMILES string of the molecule is O=c1c2c(ccn1C[C@@H]1CCCO1)ccn2Cc1cccnc1. The lowest BCUT2D eigenvalue weighted by atomic mass is 10.2. The second kappa shape index (κ2) is 6.01. The van der Waals surface area contributed by atoms with Gasteiger partial charge in [-0.1, -0.05) is 6.07 Å². The maximum Gasteiger partial charge on any atom is 0.275 e. The van der Waals surface area contributed by atoms with E-state index in [1.165, 1.54) is 0 Å². The molecular formula is C18H19N3O2. The van der Waals surface area contributed by atoms with Crippen molar-refractivity contribution >= 4 is 10.9 Å². The molecule has 0 aromatic carbocycles. The molecule has 0 radical (unpaired) electrons. The van der Waals surface area contributed by atoms with Crippen molar-refractivity contribution in [2.45, 2.75) is 32.0 Å². The highest BCUT2D eigenvalue weighted by atomic mass is 16.5. The average Bonchev–Trinajstić information content (AvgIpc) is 3.21. The Morgan fingerprint density at radius 3 is 2.83 bits per heavy atom. The van der Waals surface area contributed by atoms with Gasteiger partial charge in [0.15, 0.2) is 0 Å². The lowest BCUT2D eigenvalue weighted by Gasteiger charge is -2.12. The molecule has 1 aliphatic heterocycles. The third-order valence-electron chi connectivity index (χ3n) is 4.39. The van der Waals surface area contributed by atoms with Crippen LogP contribution in [0.5, 0.6) is 0 Å². The fraction of sp³-hybridized carbons (Fsp3) is 0.333. The molecule has 4 rings (SSSR count). The molecule has 23 heavy (non-hydrogen) atoms. The largest absolute Gasteiger partial charge is 0.376 e. The van der Waals surface area contributed by atoms with Gasteiger partial charge in [-0.3, -0.25) is 9.78 Å². The van der Waals surface area contributed by atoms with Crippen LogP contribution in [0.15, 0.2) is 53.8 Å². The van der Waals surface area contributed by atoms with E-state index in [0.29, 0.717) is 13.1 Å². The Morgan fingerprint density at radius 1 is 1.22 bits per heavy atom. The molecule has 0 unspecified atom stereocenters. The molecule has 0 N–H and O–H groups in total. The van der Waals surface area contributed by atoms with Crippen molar-refractivity contribution in [3.8, 4) is 0 Å². The van der Waals surface area contributed by atoms with E-state index in [0.717, 1.165) is 35.9 Å². The summed E-state index contributed by atoms with van der Waals surface area (Å²) in [6.07, 6.45) is 9.70. The molecule has 3 aromatic rings.